The first kappa shape index (κ1) is 34.8. The summed E-state index contributed by atoms with van der Waals surface area (Å²) in [7, 11) is 0. The van der Waals surface area contributed by atoms with Crippen LogP contribution in [0.25, 0.3) is 6.08 Å². The summed E-state index contributed by atoms with van der Waals surface area (Å²) in [6.45, 7) is 1.52. The zero-order valence-corrected chi connectivity index (χ0v) is 26.0. The SMILES string of the molecule is CC(=O)O[C@@H]1[C@@H](O)[C@H](C)O[C@@H](O[C@H]2[C@H]3C=CO[C@@H](O[C@@H]4O[C@H](CO)[C@@H](O)[C@H](O)[C@H]4O)[C@H]3[C@@]3(CO)O[C@@H]23)[C@@H]1OC(=O)C=Cc1ccccc1. The first-order valence-corrected chi connectivity index (χ1v) is 15.7. The summed E-state index contributed by atoms with van der Waals surface area (Å²) in [4.78, 5) is 25.1. The molecular weight excluding hydrogens is 640 g/mol. The van der Waals surface area contributed by atoms with Gasteiger partial charge >= 0.3 is 11.9 Å². The molecule has 264 valence electrons. The Balaban J connectivity index is 1.23. The summed E-state index contributed by atoms with van der Waals surface area (Å²) < 4.78 is 46.6. The van der Waals surface area contributed by atoms with Gasteiger partial charge < -0.3 is 68.5 Å². The molecule has 16 atom stereocenters. The Morgan fingerprint density at radius 3 is 2.31 bits per heavy atom. The van der Waals surface area contributed by atoms with Crippen molar-refractivity contribution in [2.24, 2.45) is 11.8 Å². The van der Waals surface area contributed by atoms with E-state index in [1.165, 1.54) is 25.3 Å². The minimum atomic E-state index is -1.71. The van der Waals surface area contributed by atoms with Crippen LogP contribution in [0.2, 0.25) is 0 Å². The number of ether oxygens (including phenoxy) is 8. The molecule has 0 radical (unpaired) electrons. The van der Waals surface area contributed by atoms with E-state index in [1.54, 1.807) is 30.3 Å². The Morgan fingerprint density at radius 2 is 1.62 bits per heavy atom. The average Bonchev–Trinajstić information content (AvgIpc) is 3.75. The normalized spacial score (nSPS) is 44.8. The first-order chi connectivity index (χ1) is 23.0. The highest BCUT2D eigenvalue weighted by atomic mass is 16.8. The molecule has 48 heavy (non-hydrogen) atoms. The second-order valence-electron chi connectivity index (χ2n) is 12.4. The maximum Gasteiger partial charge on any atom is 0.331 e. The first-order valence-electron chi connectivity index (χ1n) is 15.7. The van der Waals surface area contributed by atoms with E-state index in [2.05, 4.69) is 0 Å². The monoisotopic (exact) mass is 680 g/mol. The molecule has 0 amide bonds. The third-order valence-corrected chi connectivity index (χ3v) is 9.41. The number of fused-ring (bicyclic) bond motifs is 3. The van der Waals surface area contributed by atoms with Crippen molar-refractivity contribution in [3.05, 3.63) is 54.3 Å². The van der Waals surface area contributed by atoms with E-state index in [1.807, 2.05) is 6.07 Å². The van der Waals surface area contributed by atoms with Crippen LogP contribution < -0.4 is 0 Å². The van der Waals surface area contributed by atoms with E-state index in [-0.39, 0.29) is 0 Å². The third-order valence-electron chi connectivity index (χ3n) is 9.41. The highest BCUT2D eigenvalue weighted by molar-refractivity contribution is 5.87. The molecule has 16 heteroatoms. The lowest BCUT2D eigenvalue weighted by molar-refractivity contribution is -0.347. The summed E-state index contributed by atoms with van der Waals surface area (Å²) in [6.07, 6.45) is -11.4. The second kappa shape index (κ2) is 14.1. The van der Waals surface area contributed by atoms with Gasteiger partial charge in [-0.05, 0) is 24.6 Å². The van der Waals surface area contributed by atoms with Gasteiger partial charge in [0, 0.05) is 18.9 Å². The van der Waals surface area contributed by atoms with Gasteiger partial charge in [0.05, 0.1) is 37.6 Å². The van der Waals surface area contributed by atoms with Crippen LogP contribution >= 0.6 is 0 Å². The van der Waals surface area contributed by atoms with Gasteiger partial charge in [-0.3, -0.25) is 4.79 Å². The maximum absolute atomic E-state index is 13.0. The van der Waals surface area contributed by atoms with Gasteiger partial charge in [-0.25, -0.2) is 4.79 Å². The summed E-state index contributed by atoms with van der Waals surface area (Å²) in [6, 6.07) is 8.97. The highest BCUT2D eigenvalue weighted by Crippen LogP contribution is 2.61. The fourth-order valence-electron chi connectivity index (χ4n) is 6.91. The van der Waals surface area contributed by atoms with E-state index in [0.29, 0.717) is 0 Å². The van der Waals surface area contributed by atoms with E-state index >= 15 is 0 Å². The summed E-state index contributed by atoms with van der Waals surface area (Å²) in [5.74, 6) is -2.93. The van der Waals surface area contributed by atoms with Crippen molar-refractivity contribution >= 4 is 18.0 Å². The molecule has 1 aromatic rings. The fraction of sp³-hybridized carbons (Fsp3) is 0.625. The topological polar surface area (TPSA) is 233 Å². The minimum absolute atomic E-state index is 0.496. The van der Waals surface area contributed by atoms with E-state index in [0.717, 1.165) is 12.5 Å². The Bertz CT molecular complexity index is 1350. The van der Waals surface area contributed by atoms with Gasteiger partial charge in [0.1, 0.15) is 42.2 Å². The van der Waals surface area contributed by atoms with E-state index in [4.69, 9.17) is 37.9 Å². The molecule has 0 unspecified atom stereocenters. The number of hydrogen-bond acceptors (Lipinski definition) is 16. The standard InChI is InChI=1S/C32H40O16/c1-14-21(37)26(43-15(2)35)27(45-19(36)9-8-16-6-4-3-5-7-16)31(42-14)46-25-17-10-11-41-29(20(17)32(13-34)28(25)48-32)47-30-24(40)23(39)22(38)18(12-33)44-30/h3-11,14,17-18,20-31,33-34,37-40H,12-13H2,1-2H3/t14-,17-,18+,20-,21-,22+,23-,24+,25-,26+,27+,28-,29-,30-,31-,32+/m0/s1. The summed E-state index contributed by atoms with van der Waals surface area (Å²) in [5, 5.41) is 62.0. The molecular formula is C32H40O16. The molecule has 0 spiro atoms. The highest BCUT2D eigenvalue weighted by Gasteiger charge is 2.77. The predicted molar refractivity (Wildman–Crippen MR) is 157 cm³/mol. The van der Waals surface area contributed by atoms with Crippen molar-refractivity contribution in [3.63, 3.8) is 0 Å². The lowest BCUT2D eigenvalue weighted by atomic mass is 9.85. The van der Waals surface area contributed by atoms with Crippen LogP contribution in [0.4, 0.5) is 0 Å². The number of esters is 2. The predicted octanol–water partition coefficient (Wildman–Crippen LogP) is -1.90. The molecule has 4 aliphatic heterocycles. The van der Waals surface area contributed by atoms with Gasteiger partial charge in [-0.1, -0.05) is 30.3 Å². The molecule has 0 aromatic heterocycles. The number of benzene rings is 1. The largest absolute Gasteiger partial charge is 0.472 e. The number of aliphatic hydroxyl groups is 6. The van der Waals surface area contributed by atoms with Crippen molar-refractivity contribution in [1.82, 2.24) is 0 Å². The van der Waals surface area contributed by atoms with E-state index < -0.39 is 122 Å². The van der Waals surface area contributed by atoms with Crippen LogP contribution in [0.1, 0.15) is 19.4 Å². The van der Waals surface area contributed by atoms with Gasteiger partial charge in [0.15, 0.2) is 24.8 Å². The number of hydrogen-bond donors (Lipinski definition) is 6. The van der Waals surface area contributed by atoms with E-state index in [9.17, 15) is 40.2 Å². The van der Waals surface area contributed by atoms with Gasteiger partial charge in [-0.2, -0.15) is 0 Å². The number of carbonyl (C=O) groups excluding carboxylic acids is 2. The number of carbonyl (C=O) groups is 2. The van der Waals surface area contributed by atoms with Crippen LogP contribution in [0, 0.1) is 11.8 Å². The van der Waals surface area contributed by atoms with Crippen LogP contribution in [0.3, 0.4) is 0 Å². The van der Waals surface area contributed by atoms with Crippen molar-refractivity contribution in [2.75, 3.05) is 13.2 Å². The third kappa shape index (κ3) is 6.50. The van der Waals surface area contributed by atoms with Gasteiger partial charge in [0.2, 0.25) is 6.29 Å². The average molecular weight is 681 g/mol. The quantitative estimate of drug-likeness (QED) is 0.0900. The molecule has 6 N–H and O–H groups in total. The Morgan fingerprint density at radius 1 is 0.875 bits per heavy atom. The Hall–Kier alpha value is -3.00. The molecule has 3 saturated heterocycles. The van der Waals surface area contributed by atoms with Gasteiger partial charge in [-0.15, -0.1) is 0 Å². The molecule has 4 fully saturated rings. The van der Waals surface area contributed by atoms with Crippen molar-refractivity contribution < 1.29 is 78.1 Å². The van der Waals surface area contributed by atoms with Crippen molar-refractivity contribution in [3.8, 4) is 0 Å². The fourth-order valence-corrected chi connectivity index (χ4v) is 6.91. The summed E-state index contributed by atoms with van der Waals surface area (Å²) >= 11 is 0. The number of epoxide rings is 1. The molecule has 16 nitrogen and oxygen atoms in total. The summed E-state index contributed by atoms with van der Waals surface area (Å²) in [5.41, 5.74) is -0.527. The lowest BCUT2D eigenvalue weighted by Gasteiger charge is -2.44. The molecule has 4 heterocycles. The molecule has 5 aliphatic rings. The van der Waals surface area contributed by atoms with Gasteiger partial charge in [0.25, 0.3) is 0 Å². The zero-order chi connectivity index (χ0) is 34.3. The smallest absolute Gasteiger partial charge is 0.331 e. The minimum Gasteiger partial charge on any atom is -0.472 e. The molecule has 1 aliphatic carbocycles. The molecule has 0 bridgehead atoms. The van der Waals surface area contributed by atoms with Crippen LogP contribution in [-0.4, -0.2) is 141 Å². The second-order valence-corrected chi connectivity index (χ2v) is 12.4. The number of rotatable bonds is 10. The molecule has 1 saturated carbocycles. The van der Waals surface area contributed by atoms with Crippen LogP contribution in [0.15, 0.2) is 48.7 Å². The molecule has 6 rings (SSSR count). The van der Waals surface area contributed by atoms with Crippen molar-refractivity contribution in [1.29, 1.82) is 0 Å². The maximum atomic E-state index is 13.0. The Kier molecular flexibility index (Phi) is 10.2. The Labute approximate surface area is 275 Å². The van der Waals surface area contributed by atoms with Crippen LogP contribution in [-0.2, 0) is 47.5 Å². The lowest BCUT2D eigenvalue weighted by Crippen LogP contribution is -2.61. The van der Waals surface area contributed by atoms with Crippen LogP contribution in [0.5, 0.6) is 0 Å². The zero-order valence-electron chi connectivity index (χ0n) is 26.0. The molecule has 1 aromatic carbocycles. The van der Waals surface area contributed by atoms with Crippen molar-refractivity contribution in [2.45, 2.75) is 99.4 Å². The number of aliphatic hydroxyl groups excluding tert-OH is 6.